The molecule has 6 nitrogen and oxygen atoms in total. The zero-order valence-corrected chi connectivity index (χ0v) is 9.70. The van der Waals surface area contributed by atoms with E-state index in [-0.39, 0.29) is 6.10 Å². The summed E-state index contributed by atoms with van der Waals surface area (Å²) in [5, 5.41) is 3.91. The predicted octanol–water partition coefficient (Wildman–Crippen LogP) is 1.41. The van der Waals surface area contributed by atoms with Crippen LogP contribution in [0, 0.1) is 0 Å². The van der Waals surface area contributed by atoms with Gasteiger partial charge in [-0.25, -0.2) is 0 Å². The molecule has 0 aliphatic carbocycles. The molecule has 3 rings (SSSR count). The van der Waals surface area contributed by atoms with Gasteiger partial charge in [0.2, 0.25) is 5.82 Å². The summed E-state index contributed by atoms with van der Waals surface area (Å²) in [5.74, 6) is 0.943. The molecule has 2 N–H and O–H groups in total. The number of aromatic nitrogens is 2. The van der Waals surface area contributed by atoms with E-state index in [2.05, 4.69) is 10.1 Å². The number of nitrogens with zero attached hydrogens (tertiary/aromatic N) is 2. The molecule has 1 saturated heterocycles. The highest BCUT2D eigenvalue weighted by atomic mass is 16.6. The lowest BCUT2D eigenvalue weighted by molar-refractivity contribution is -0.0941. The molecule has 1 aromatic carbocycles. The quantitative estimate of drug-likeness (QED) is 0.808. The molecule has 1 atom stereocenters. The number of nitrogen functional groups attached to an aromatic ring is 1. The Morgan fingerprint density at radius 1 is 1.28 bits per heavy atom. The minimum Gasteiger partial charge on any atom is -0.399 e. The van der Waals surface area contributed by atoms with Crippen molar-refractivity contribution >= 4 is 5.69 Å². The van der Waals surface area contributed by atoms with Crippen LogP contribution >= 0.6 is 0 Å². The van der Waals surface area contributed by atoms with Crippen molar-refractivity contribution in [2.24, 2.45) is 0 Å². The molecule has 0 bridgehead atoms. The minimum absolute atomic E-state index is 0.252. The summed E-state index contributed by atoms with van der Waals surface area (Å²) in [6.07, 6.45) is -0.252. The third-order valence-corrected chi connectivity index (χ3v) is 2.68. The Labute approximate surface area is 104 Å². The van der Waals surface area contributed by atoms with Crippen LogP contribution in [0.25, 0.3) is 11.5 Å². The summed E-state index contributed by atoms with van der Waals surface area (Å²) >= 11 is 0. The van der Waals surface area contributed by atoms with Crippen LogP contribution in [-0.2, 0) is 9.47 Å². The Hall–Kier alpha value is -1.92. The first-order valence-electron chi connectivity index (χ1n) is 5.72. The second-order valence-corrected chi connectivity index (χ2v) is 4.02. The fraction of sp³-hybridized carbons (Fsp3) is 0.333. The summed E-state index contributed by atoms with van der Waals surface area (Å²) in [4.78, 5) is 4.31. The minimum atomic E-state index is -0.252. The largest absolute Gasteiger partial charge is 0.399 e. The molecule has 1 unspecified atom stereocenters. The van der Waals surface area contributed by atoms with Gasteiger partial charge in [-0.2, -0.15) is 4.98 Å². The summed E-state index contributed by atoms with van der Waals surface area (Å²) in [6, 6.07) is 7.30. The molecule has 1 aliphatic rings. The fourth-order valence-corrected chi connectivity index (χ4v) is 1.79. The smallest absolute Gasteiger partial charge is 0.258 e. The van der Waals surface area contributed by atoms with Crippen molar-refractivity contribution in [1.82, 2.24) is 10.1 Å². The molecule has 94 valence electrons. The maximum atomic E-state index is 5.71. The Morgan fingerprint density at radius 3 is 3.00 bits per heavy atom. The number of benzene rings is 1. The van der Waals surface area contributed by atoms with Crippen molar-refractivity contribution in [2.75, 3.05) is 25.6 Å². The van der Waals surface area contributed by atoms with Crippen molar-refractivity contribution < 1.29 is 14.0 Å². The number of anilines is 1. The molecule has 6 heteroatoms. The van der Waals surface area contributed by atoms with E-state index in [9.17, 15) is 0 Å². The maximum Gasteiger partial charge on any atom is 0.258 e. The topological polar surface area (TPSA) is 83.4 Å². The van der Waals surface area contributed by atoms with Crippen molar-refractivity contribution in [2.45, 2.75) is 6.10 Å². The molecule has 0 saturated carbocycles. The van der Waals surface area contributed by atoms with Crippen LogP contribution in [0.15, 0.2) is 28.8 Å². The van der Waals surface area contributed by atoms with Gasteiger partial charge in [0.15, 0.2) is 0 Å². The number of ether oxygens (including phenoxy) is 2. The van der Waals surface area contributed by atoms with Crippen molar-refractivity contribution in [3.8, 4) is 11.5 Å². The molecule has 1 aromatic heterocycles. The Bertz CT molecular complexity index is 535. The van der Waals surface area contributed by atoms with Gasteiger partial charge in [-0.1, -0.05) is 11.2 Å². The van der Waals surface area contributed by atoms with Crippen LogP contribution in [0.2, 0.25) is 0 Å². The van der Waals surface area contributed by atoms with Crippen LogP contribution in [0.4, 0.5) is 5.69 Å². The number of hydrogen-bond acceptors (Lipinski definition) is 6. The van der Waals surface area contributed by atoms with Gasteiger partial charge in [0.1, 0.15) is 6.10 Å². The van der Waals surface area contributed by atoms with E-state index in [0.29, 0.717) is 37.2 Å². The van der Waals surface area contributed by atoms with E-state index in [1.54, 1.807) is 12.1 Å². The van der Waals surface area contributed by atoms with E-state index in [1.165, 1.54) is 0 Å². The van der Waals surface area contributed by atoms with Gasteiger partial charge in [-0.15, -0.1) is 0 Å². The van der Waals surface area contributed by atoms with Crippen molar-refractivity contribution in [3.63, 3.8) is 0 Å². The lowest BCUT2D eigenvalue weighted by Gasteiger charge is -2.19. The monoisotopic (exact) mass is 247 g/mol. The van der Waals surface area contributed by atoms with E-state index in [0.717, 1.165) is 5.56 Å². The molecule has 1 aliphatic heterocycles. The zero-order valence-electron chi connectivity index (χ0n) is 9.70. The van der Waals surface area contributed by atoms with E-state index >= 15 is 0 Å². The molecule has 0 spiro atoms. The molecular weight excluding hydrogens is 234 g/mol. The summed E-state index contributed by atoms with van der Waals surface area (Å²) in [5.41, 5.74) is 7.16. The van der Waals surface area contributed by atoms with Crippen LogP contribution in [0.1, 0.15) is 11.9 Å². The van der Waals surface area contributed by atoms with E-state index < -0.39 is 0 Å². The maximum absolute atomic E-state index is 5.71. The number of rotatable bonds is 2. The highest BCUT2D eigenvalue weighted by Crippen LogP contribution is 2.23. The van der Waals surface area contributed by atoms with Gasteiger partial charge in [0.05, 0.1) is 19.8 Å². The lowest BCUT2D eigenvalue weighted by Crippen LogP contribution is -2.22. The van der Waals surface area contributed by atoms with Gasteiger partial charge >= 0.3 is 0 Å². The second kappa shape index (κ2) is 4.75. The molecule has 1 fully saturated rings. The first-order valence-corrected chi connectivity index (χ1v) is 5.72. The predicted molar refractivity (Wildman–Crippen MR) is 63.7 cm³/mol. The third-order valence-electron chi connectivity index (χ3n) is 2.68. The standard InChI is InChI=1S/C12H13N3O3/c13-9-3-1-2-8(6-9)12-14-11(15-18-12)10-7-16-4-5-17-10/h1-3,6,10H,4-5,7,13H2. The van der Waals surface area contributed by atoms with Crippen molar-refractivity contribution in [1.29, 1.82) is 0 Å². The first-order chi connectivity index (χ1) is 8.83. The zero-order chi connectivity index (χ0) is 12.4. The van der Waals surface area contributed by atoms with Gasteiger partial charge in [-0.05, 0) is 18.2 Å². The average molecular weight is 247 g/mol. The SMILES string of the molecule is Nc1cccc(-c2nc(C3COCCO3)no2)c1. The molecular formula is C12H13N3O3. The number of nitrogens with two attached hydrogens (primary N) is 1. The average Bonchev–Trinajstić information content (AvgIpc) is 2.89. The van der Waals surface area contributed by atoms with Crippen LogP contribution in [-0.4, -0.2) is 30.0 Å². The highest BCUT2D eigenvalue weighted by Gasteiger charge is 2.22. The number of hydrogen-bond donors (Lipinski definition) is 1. The molecule has 18 heavy (non-hydrogen) atoms. The normalized spacial score (nSPS) is 19.9. The van der Waals surface area contributed by atoms with Gasteiger partial charge in [0.25, 0.3) is 5.89 Å². The molecule has 2 aromatic rings. The van der Waals surface area contributed by atoms with Gasteiger partial charge in [0, 0.05) is 11.3 Å². The Balaban J connectivity index is 1.84. The Morgan fingerprint density at radius 2 is 2.22 bits per heavy atom. The molecule has 2 heterocycles. The molecule has 0 amide bonds. The summed E-state index contributed by atoms with van der Waals surface area (Å²) < 4.78 is 16.0. The van der Waals surface area contributed by atoms with Crippen LogP contribution in [0.3, 0.4) is 0 Å². The first kappa shape index (κ1) is 11.2. The fourth-order valence-electron chi connectivity index (χ4n) is 1.79. The van der Waals surface area contributed by atoms with E-state index in [1.807, 2.05) is 12.1 Å². The van der Waals surface area contributed by atoms with Crippen molar-refractivity contribution in [3.05, 3.63) is 30.1 Å². The third kappa shape index (κ3) is 2.20. The highest BCUT2D eigenvalue weighted by molar-refractivity contribution is 5.59. The summed E-state index contributed by atoms with van der Waals surface area (Å²) in [7, 11) is 0. The Kier molecular flexibility index (Phi) is 2.95. The van der Waals surface area contributed by atoms with Gasteiger partial charge < -0.3 is 19.7 Å². The molecule has 0 radical (unpaired) electrons. The van der Waals surface area contributed by atoms with E-state index in [4.69, 9.17) is 19.7 Å². The van der Waals surface area contributed by atoms with Crippen LogP contribution in [0.5, 0.6) is 0 Å². The second-order valence-electron chi connectivity index (χ2n) is 4.02. The lowest BCUT2D eigenvalue weighted by atomic mass is 10.2. The summed E-state index contributed by atoms with van der Waals surface area (Å²) in [6.45, 7) is 1.61. The van der Waals surface area contributed by atoms with Crippen LogP contribution < -0.4 is 5.73 Å². The van der Waals surface area contributed by atoms with Gasteiger partial charge in [-0.3, -0.25) is 0 Å².